The first kappa shape index (κ1) is 12.1. The molecule has 0 unspecified atom stereocenters. The fourth-order valence-corrected chi connectivity index (χ4v) is 2.86. The van der Waals surface area contributed by atoms with Crippen molar-refractivity contribution in [3.63, 3.8) is 0 Å². The molecule has 0 aromatic carbocycles. The van der Waals surface area contributed by atoms with E-state index in [1.807, 2.05) is 32.2 Å². The quantitative estimate of drug-likeness (QED) is 0.841. The molecular weight excluding hydrogens is 236 g/mol. The number of urea groups is 1. The van der Waals surface area contributed by atoms with Crippen LogP contribution >= 0.6 is 11.3 Å². The minimum atomic E-state index is -0.717. The highest BCUT2D eigenvalue weighted by Crippen LogP contribution is 2.33. The largest absolute Gasteiger partial charge is 0.329 e. The van der Waals surface area contributed by atoms with Gasteiger partial charge in [0, 0.05) is 4.88 Å². The first-order valence-electron chi connectivity index (χ1n) is 5.76. The number of carbonyl (C=O) groups is 2. The predicted octanol–water partition coefficient (Wildman–Crippen LogP) is 2.67. The van der Waals surface area contributed by atoms with E-state index in [2.05, 4.69) is 5.32 Å². The monoisotopic (exact) mass is 252 g/mol. The van der Waals surface area contributed by atoms with E-state index in [0.29, 0.717) is 18.5 Å². The Morgan fingerprint density at radius 1 is 1.35 bits per heavy atom. The summed E-state index contributed by atoms with van der Waals surface area (Å²) in [5.41, 5.74) is -0.00729. The van der Waals surface area contributed by atoms with Crippen molar-refractivity contribution in [3.8, 4) is 0 Å². The Hall–Kier alpha value is -1.36. The van der Waals surface area contributed by atoms with Crippen LogP contribution in [0.15, 0.2) is 11.4 Å². The molecule has 0 atom stereocenters. The average Bonchev–Trinajstić information content (AvgIpc) is 2.82. The van der Waals surface area contributed by atoms with Crippen molar-refractivity contribution in [2.45, 2.75) is 39.2 Å². The van der Waals surface area contributed by atoms with E-state index in [9.17, 15) is 9.59 Å². The smallest absolute Gasteiger partial charge is 0.323 e. The molecule has 4 nitrogen and oxygen atoms in total. The summed E-state index contributed by atoms with van der Waals surface area (Å²) in [7, 11) is 0. The summed E-state index contributed by atoms with van der Waals surface area (Å²) in [6.07, 6.45) is 1.24. The topological polar surface area (TPSA) is 49.4 Å². The number of amides is 3. The van der Waals surface area contributed by atoms with Crippen molar-refractivity contribution in [3.05, 3.63) is 16.3 Å². The van der Waals surface area contributed by atoms with E-state index < -0.39 is 5.54 Å². The molecule has 2 heterocycles. The summed E-state index contributed by atoms with van der Waals surface area (Å²) in [4.78, 5) is 26.6. The molecule has 17 heavy (non-hydrogen) atoms. The van der Waals surface area contributed by atoms with Crippen LogP contribution in [0.1, 0.15) is 31.6 Å². The van der Waals surface area contributed by atoms with Gasteiger partial charge in [0.15, 0.2) is 0 Å². The van der Waals surface area contributed by atoms with Gasteiger partial charge in [0.05, 0.1) is 5.69 Å². The van der Waals surface area contributed by atoms with E-state index in [1.54, 1.807) is 0 Å². The van der Waals surface area contributed by atoms with Crippen molar-refractivity contribution in [2.24, 2.45) is 0 Å². The lowest BCUT2D eigenvalue weighted by atomic mass is 9.93. The standard InChI is InChI=1S/C12H16N2O2S/c1-4-12(5-2)10(15)14(11(16)13-12)9-6-7-17-8(9)3/h6-7H,4-5H2,1-3H3,(H,13,16). The molecule has 3 amide bonds. The Balaban J connectivity index is 2.42. The molecule has 1 saturated heterocycles. The molecule has 1 fully saturated rings. The van der Waals surface area contributed by atoms with Crippen LogP contribution in [0.5, 0.6) is 0 Å². The SMILES string of the molecule is CCC1(CC)NC(=O)N(c2ccsc2C)C1=O. The molecule has 2 rings (SSSR count). The third-order valence-corrected chi connectivity index (χ3v) is 4.28. The van der Waals surface area contributed by atoms with Gasteiger partial charge < -0.3 is 5.32 Å². The highest BCUT2D eigenvalue weighted by atomic mass is 32.1. The van der Waals surface area contributed by atoms with Gasteiger partial charge in [-0.1, -0.05) is 13.8 Å². The van der Waals surface area contributed by atoms with Crippen LogP contribution in [-0.2, 0) is 4.79 Å². The highest BCUT2D eigenvalue weighted by Gasteiger charge is 2.49. The van der Waals surface area contributed by atoms with Crippen LogP contribution in [0.25, 0.3) is 0 Å². The van der Waals surface area contributed by atoms with Crippen LogP contribution in [-0.4, -0.2) is 17.5 Å². The minimum absolute atomic E-state index is 0.131. The second kappa shape index (κ2) is 4.14. The van der Waals surface area contributed by atoms with Gasteiger partial charge in [0.2, 0.25) is 0 Å². The maximum absolute atomic E-state index is 12.4. The van der Waals surface area contributed by atoms with Gasteiger partial charge in [-0.2, -0.15) is 0 Å². The van der Waals surface area contributed by atoms with Crippen LogP contribution < -0.4 is 10.2 Å². The number of anilines is 1. The molecule has 1 aromatic rings. The zero-order valence-electron chi connectivity index (χ0n) is 10.2. The number of thiophene rings is 1. The number of imide groups is 1. The first-order chi connectivity index (χ1) is 8.05. The van der Waals surface area contributed by atoms with Crippen LogP contribution in [0.4, 0.5) is 10.5 Å². The predicted molar refractivity (Wildman–Crippen MR) is 68.4 cm³/mol. The van der Waals surface area contributed by atoms with Gasteiger partial charge in [-0.05, 0) is 31.2 Å². The molecule has 1 N–H and O–H groups in total. The second-order valence-corrected chi connectivity index (χ2v) is 5.34. The molecular formula is C12H16N2O2S. The fourth-order valence-electron chi connectivity index (χ4n) is 2.18. The second-order valence-electron chi connectivity index (χ2n) is 4.22. The van der Waals surface area contributed by atoms with Gasteiger partial charge in [-0.15, -0.1) is 11.3 Å². The molecule has 1 aliphatic rings. The average molecular weight is 252 g/mol. The lowest BCUT2D eigenvalue weighted by molar-refractivity contribution is -0.122. The number of aryl methyl sites for hydroxylation is 1. The van der Waals surface area contributed by atoms with Crippen molar-refractivity contribution in [1.82, 2.24) is 5.32 Å². The first-order valence-corrected chi connectivity index (χ1v) is 6.64. The maximum Gasteiger partial charge on any atom is 0.329 e. The van der Waals surface area contributed by atoms with E-state index in [4.69, 9.17) is 0 Å². The van der Waals surface area contributed by atoms with E-state index in [-0.39, 0.29) is 11.9 Å². The third-order valence-electron chi connectivity index (χ3n) is 3.44. The Bertz CT molecular complexity index is 463. The number of hydrogen-bond donors (Lipinski definition) is 1. The summed E-state index contributed by atoms with van der Waals surface area (Å²) in [5.74, 6) is -0.131. The van der Waals surface area contributed by atoms with Gasteiger partial charge in [0.25, 0.3) is 5.91 Å². The van der Waals surface area contributed by atoms with Crippen LogP contribution in [0.2, 0.25) is 0 Å². The lowest BCUT2D eigenvalue weighted by Crippen LogP contribution is -2.45. The third kappa shape index (κ3) is 1.65. The Labute approximate surface area is 105 Å². The van der Waals surface area contributed by atoms with Crippen LogP contribution in [0.3, 0.4) is 0 Å². The Morgan fingerprint density at radius 2 is 2.00 bits per heavy atom. The number of nitrogens with one attached hydrogen (secondary N) is 1. The number of nitrogens with zero attached hydrogens (tertiary/aromatic N) is 1. The minimum Gasteiger partial charge on any atom is -0.323 e. The Kier molecular flexibility index (Phi) is 2.95. The summed E-state index contributed by atoms with van der Waals surface area (Å²) in [6, 6.07) is 1.51. The van der Waals surface area contributed by atoms with Crippen molar-refractivity contribution >= 4 is 29.0 Å². The number of rotatable bonds is 3. The highest BCUT2D eigenvalue weighted by molar-refractivity contribution is 7.10. The summed E-state index contributed by atoms with van der Waals surface area (Å²) >= 11 is 1.54. The zero-order valence-corrected chi connectivity index (χ0v) is 11.1. The summed E-state index contributed by atoms with van der Waals surface area (Å²) < 4.78 is 0. The van der Waals surface area contributed by atoms with Gasteiger partial charge in [0.1, 0.15) is 5.54 Å². The number of carbonyl (C=O) groups excluding carboxylic acids is 2. The van der Waals surface area contributed by atoms with E-state index in [0.717, 1.165) is 4.88 Å². The van der Waals surface area contributed by atoms with E-state index >= 15 is 0 Å². The maximum atomic E-state index is 12.4. The summed E-state index contributed by atoms with van der Waals surface area (Å²) in [5, 5.41) is 4.72. The van der Waals surface area contributed by atoms with Crippen molar-refractivity contribution in [1.29, 1.82) is 0 Å². The van der Waals surface area contributed by atoms with Gasteiger partial charge >= 0.3 is 6.03 Å². The molecule has 1 aliphatic heterocycles. The normalized spacial score (nSPS) is 18.6. The van der Waals surface area contributed by atoms with E-state index in [1.165, 1.54) is 16.2 Å². The van der Waals surface area contributed by atoms with Crippen molar-refractivity contribution < 1.29 is 9.59 Å². The molecule has 92 valence electrons. The molecule has 0 spiro atoms. The molecule has 0 radical (unpaired) electrons. The Morgan fingerprint density at radius 3 is 2.41 bits per heavy atom. The zero-order chi connectivity index (χ0) is 12.6. The molecule has 0 aliphatic carbocycles. The fraction of sp³-hybridized carbons (Fsp3) is 0.500. The lowest BCUT2D eigenvalue weighted by Gasteiger charge is -2.23. The molecule has 0 saturated carbocycles. The number of hydrogen-bond acceptors (Lipinski definition) is 3. The molecule has 1 aromatic heterocycles. The van der Waals surface area contributed by atoms with Crippen molar-refractivity contribution in [2.75, 3.05) is 4.90 Å². The van der Waals surface area contributed by atoms with Gasteiger partial charge in [-0.3, -0.25) is 4.79 Å². The van der Waals surface area contributed by atoms with Gasteiger partial charge in [-0.25, -0.2) is 9.69 Å². The summed E-state index contributed by atoms with van der Waals surface area (Å²) in [6.45, 7) is 5.76. The molecule has 5 heteroatoms. The van der Waals surface area contributed by atoms with Crippen LogP contribution in [0, 0.1) is 6.92 Å². The molecule has 0 bridgehead atoms.